The molecule has 0 bridgehead atoms. The fraction of sp³-hybridized carbons (Fsp3) is 0.286. The van der Waals surface area contributed by atoms with Crippen LogP contribution in [0.5, 0.6) is 0 Å². The van der Waals surface area contributed by atoms with Crippen LogP contribution in [0.15, 0.2) is 36.7 Å². The summed E-state index contributed by atoms with van der Waals surface area (Å²) >= 11 is 0. The van der Waals surface area contributed by atoms with Gasteiger partial charge in [-0.1, -0.05) is 12.1 Å². The number of hydrogen-bond donors (Lipinski definition) is 3. The van der Waals surface area contributed by atoms with Gasteiger partial charge in [-0.05, 0) is 17.7 Å². The summed E-state index contributed by atoms with van der Waals surface area (Å²) in [6, 6.07) is 3.74. The molecule has 2 rings (SSSR count). The molecule has 0 aliphatic heterocycles. The molecule has 2 amide bonds. The predicted molar refractivity (Wildman–Crippen MR) is 76.6 cm³/mol. The maximum absolute atomic E-state index is 12.6. The van der Waals surface area contributed by atoms with Gasteiger partial charge in [0.2, 0.25) is 0 Å². The van der Waals surface area contributed by atoms with E-state index in [2.05, 4.69) is 15.7 Å². The highest BCUT2D eigenvalue weighted by Gasteiger charge is 2.30. The molecule has 124 valence electrons. The Hall–Kier alpha value is -2.55. The van der Waals surface area contributed by atoms with E-state index in [1.807, 2.05) is 0 Å². The zero-order valence-corrected chi connectivity index (χ0v) is 12.1. The Kier molecular flexibility index (Phi) is 4.89. The van der Waals surface area contributed by atoms with E-state index in [-0.39, 0.29) is 12.1 Å². The lowest BCUT2D eigenvalue weighted by Gasteiger charge is -2.14. The minimum atomic E-state index is -4.49. The number of rotatable bonds is 4. The smallest absolute Gasteiger partial charge is 0.387 e. The molecule has 1 aromatic heterocycles. The average molecular weight is 328 g/mol. The lowest BCUT2D eigenvalue weighted by Crippen LogP contribution is -2.32. The normalized spacial score (nSPS) is 12.7. The molecule has 23 heavy (non-hydrogen) atoms. The fourth-order valence-corrected chi connectivity index (χ4v) is 1.89. The molecular weight excluding hydrogens is 313 g/mol. The zero-order chi connectivity index (χ0) is 17.0. The van der Waals surface area contributed by atoms with Crippen LogP contribution in [-0.2, 0) is 13.2 Å². The van der Waals surface area contributed by atoms with Gasteiger partial charge < -0.3 is 15.7 Å². The molecule has 0 saturated heterocycles. The van der Waals surface area contributed by atoms with Gasteiger partial charge in [0.05, 0.1) is 23.6 Å². The highest BCUT2D eigenvalue weighted by atomic mass is 19.4. The van der Waals surface area contributed by atoms with E-state index < -0.39 is 23.9 Å². The van der Waals surface area contributed by atoms with Crippen LogP contribution < -0.4 is 10.6 Å². The van der Waals surface area contributed by atoms with Gasteiger partial charge in [0, 0.05) is 19.8 Å². The van der Waals surface area contributed by atoms with E-state index in [1.165, 1.54) is 23.0 Å². The number of halogens is 3. The van der Waals surface area contributed by atoms with E-state index in [0.29, 0.717) is 5.69 Å². The van der Waals surface area contributed by atoms with Gasteiger partial charge in [-0.3, -0.25) is 4.68 Å². The van der Waals surface area contributed by atoms with Gasteiger partial charge >= 0.3 is 12.2 Å². The Morgan fingerprint density at radius 1 is 1.43 bits per heavy atom. The summed E-state index contributed by atoms with van der Waals surface area (Å²) in [5.41, 5.74) is -0.325. The number of aryl methyl sites for hydroxylation is 1. The number of carbonyl (C=O) groups is 1. The number of amides is 2. The Morgan fingerprint density at radius 2 is 2.17 bits per heavy atom. The van der Waals surface area contributed by atoms with Crippen molar-refractivity contribution in [2.24, 2.45) is 7.05 Å². The predicted octanol–water partition coefficient (Wildman–Crippen LogP) is 2.29. The summed E-state index contributed by atoms with van der Waals surface area (Å²) in [5, 5.41) is 18.6. The van der Waals surface area contributed by atoms with E-state index in [0.717, 1.165) is 12.1 Å². The van der Waals surface area contributed by atoms with Crippen LogP contribution >= 0.6 is 0 Å². The molecule has 1 unspecified atom stereocenters. The summed E-state index contributed by atoms with van der Waals surface area (Å²) in [4.78, 5) is 11.6. The number of aromatic nitrogens is 2. The second-order valence-corrected chi connectivity index (χ2v) is 4.88. The molecule has 6 nitrogen and oxygen atoms in total. The summed E-state index contributed by atoms with van der Waals surface area (Å²) in [5.74, 6) is 0. The summed E-state index contributed by atoms with van der Waals surface area (Å²) in [6.45, 7) is -0.229. The first-order valence-electron chi connectivity index (χ1n) is 6.64. The average Bonchev–Trinajstić information content (AvgIpc) is 2.89. The molecule has 3 N–H and O–H groups in total. The molecule has 0 saturated carbocycles. The number of carbonyl (C=O) groups excluding carboxylic acids is 1. The number of benzene rings is 1. The molecule has 0 aliphatic carbocycles. The summed E-state index contributed by atoms with van der Waals surface area (Å²) in [6.07, 6.45) is -2.73. The van der Waals surface area contributed by atoms with Gasteiger partial charge in [-0.15, -0.1) is 0 Å². The summed E-state index contributed by atoms with van der Waals surface area (Å²) < 4.78 is 39.4. The molecule has 0 aliphatic rings. The molecule has 2 aromatic rings. The van der Waals surface area contributed by atoms with Crippen molar-refractivity contribution in [2.75, 3.05) is 11.9 Å². The SMILES string of the molecule is Cn1cc(NC(=O)NCC(O)c2cccc(C(F)(F)F)c2)cn1. The summed E-state index contributed by atoms with van der Waals surface area (Å²) in [7, 11) is 1.68. The van der Waals surface area contributed by atoms with Gasteiger partial charge in [0.1, 0.15) is 0 Å². The lowest BCUT2D eigenvalue weighted by molar-refractivity contribution is -0.137. The molecule has 9 heteroatoms. The lowest BCUT2D eigenvalue weighted by atomic mass is 10.1. The van der Waals surface area contributed by atoms with Crippen molar-refractivity contribution >= 4 is 11.7 Å². The first kappa shape index (κ1) is 16.8. The third-order valence-electron chi connectivity index (χ3n) is 3.02. The number of anilines is 1. The third kappa shape index (κ3) is 4.71. The van der Waals surface area contributed by atoms with Crippen LogP contribution in [0.2, 0.25) is 0 Å². The number of hydrogen-bond acceptors (Lipinski definition) is 3. The first-order valence-corrected chi connectivity index (χ1v) is 6.64. The van der Waals surface area contributed by atoms with E-state index in [1.54, 1.807) is 13.2 Å². The largest absolute Gasteiger partial charge is 0.416 e. The van der Waals surface area contributed by atoms with Crippen molar-refractivity contribution in [3.63, 3.8) is 0 Å². The van der Waals surface area contributed by atoms with E-state index in [9.17, 15) is 23.1 Å². The van der Waals surface area contributed by atoms with Crippen LogP contribution in [0.1, 0.15) is 17.2 Å². The van der Waals surface area contributed by atoms with Crippen molar-refractivity contribution in [1.29, 1.82) is 0 Å². The quantitative estimate of drug-likeness (QED) is 0.806. The number of aliphatic hydroxyl groups is 1. The number of urea groups is 1. The molecule has 1 atom stereocenters. The van der Waals surface area contributed by atoms with Crippen LogP contribution in [-0.4, -0.2) is 27.5 Å². The number of alkyl halides is 3. The minimum Gasteiger partial charge on any atom is -0.387 e. The second-order valence-electron chi connectivity index (χ2n) is 4.88. The van der Waals surface area contributed by atoms with E-state index >= 15 is 0 Å². The highest BCUT2D eigenvalue weighted by molar-refractivity contribution is 5.88. The standard InChI is InChI=1S/C14H15F3N4O2/c1-21-8-11(6-19-21)20-13(23)18-7-12(22)9-3-2-4-10(5-9)14(15,16)17/h2-6,8,12,22H,7H2,1H3,(H2,18,20,23). The second kappa shape index (κ2) is 6.69. The third-order valence-corrected chi connectivity index (χ3v) is 3.02. The number of aliphatic hydroxyl groups excluding tert-OH is 1. The molecule has 0 radical (unpaired) electrons. The van der Waals surface area contributed by atoms with Gasteiger partial charge in [-0.2, -0.15) is 18.3 Å². The monoisotopic (exact) mass is 328 g/mol. The van der Waals surface area contributed by atoms with Crippen LogP contribution in [0, 0.1) is 0 Å². The first-order chi connectivity index (χ1) is 10.8. The van der Waals surface area contributed by atoms with Crippen molar-refractivity contribution in [3.8, 4) is 0 Å². The van der Waals surface area contributed by atoms with Crippen molar-refractivity contribution in [2.45, 2.75) is 12.3 Å². The molecule has 1 aromatic carbocycles. The molecule has 1 heterocycles. The zero-order valence-electron chi connectivity index (χ0n) is 12.1. The van der Waals surface area contributed by atoms with Gasteiger partial charge in [0.15, 0.2) is 0 Å². The molecule has 0 spiro atoms. The Labute approximate surface area is 129 Å². The van der Waals surface area contributed by atoms with Crippen molar-refractivity contribution in [3.05, 3.63) is 47.8 Å². The number of nitrogens with zero attached hydrogens (tertiary/aromatic N) is 2. The topological polar surface area (TPSA) is 79.2 Å². The minimum absolute atomic E-state index is 0.0708. The van der Waals surface area contributed by atoms with Crippen molar-refractivity contribution in [1.82, 2.24) is 15.1 Å². The number of nitrogens with one attached hydrogen (secondary N) is 2. The Morgan fingerprint density at radius 3 is 2.78 bits per heavy atom. The van der Waals surface area contributed by atoms with Crippen LogP contribution in [0.25, 0.3) is 0 Å². The van der Waals surface area contributed by atoms with Gasteiger partial charge in [0.25, 0.3) is 0 Å². The van der Waals surface area contributed by atoms with Gasteiger partial charge in [-0.25, -0.2) is 4.79 Å². The maximum atomic E-state index is 12.6. The van der Waals surface area contributed by atoms with Crippen LogP contribution in [0.4, 0.5) is 23.7 Å². The highest BCUT2D eigenvalue weighted by Crippen LogP contribution is 2.30. The fourth-order valence-electron chi connectivity index (χ4n) is 1.89. The van der Waals surface area contributed by atoms with Crippen LogP contribution in [0.3, 0.4) is 0 Å². The molecule has 0 fully saturated rings. The molecular formula is C14H15F3N4O2. The Bertz CT molecular complexity index is 685. The maximum Gasteiger partial charge on any atom is 0.416 e. The Balaban J connectivity index is 1.91. The van der Waals surface area contributed by atoms with E-state index in [4.69, 9.17) is 0 Å². The van der Waals surface area contributed by atoms with Crippen molar-refractivity contribution < 1.29 is 23.1 Å².